The zero-order chi connectivity index (χ0) is 12.5. The number of nitrogens with zero attached hydrogens (tertiary/aromatic N) is 3. The van der Waals surface area contributed by atoms with Gasteiger partial charge in [-0.2, -0.15) is 0 Å². The molecule has 1 saturated carbocycles. The minimum Gasteiger partial charge on any atom is -0.388 e. The molecule has 0 saturated heterocycles. The molecule has 96 valence electrons. The number of aromatic nitrogens is 3. The van der Waals surface area contributed by atoms with E-state index in [-0.39, 0.29) is 5.92 Å². The topological polar surface area (TPSA) is 63.0 Å². The van der Waals surface area contributed by atoms with E-state index < -0.39 is 5.60 Å². The second kappa shape index (κ2) is 4.74. The first-order valence-electron chi connectivity index (χ1n) is 6.32. The highest BCUT2D eigenvalue weighted by Gasteiger charge is 2.26. The average molecular weight is 238 g/mol. The van der Waals surface area contributed by atoms with Crippen LogP contribution in [-0.2, 0) is 13.1 Å². The molecule has 1 aromatic heterocycles. The Balaban J connectivity index is 1.88. The van der Waals surface area contributed by atoms with Gasteiger partial charge in [0.15, 0.2) is 0 Å². The van der Waals surface area contributed by atoms with Crippen LogP contribution in [0.2, 0.25) is 0 Å². The summed E-state index contributed by atoms with van der Waals surface area (Å²) < 4.78 is 1.73. The van der Waals surface area contributed by atoms with E-state index in [1.807, 2.05) is 27.0 Å². The third-order valence-electron chi connectivity index (χ3n) is 3.46. The normalized spacial score (nSPS) is 19.6. The van der Waals surface area contributed by atoms with Crippen molar-refractivity contribution >= 4 is 0 Å². The van der Waals surface area contributed by atoms with Gasteiger partial charge in [-0.15, -0.1) is 5.10 Å². The highest BCUT2D eigenvalue weighted by Crippen LogP contribution is 2.19. The van der Waals surface area contributed by atoms with E-state index in [0.29, 0.717) is 12.6 Å². The fourth-order valence-electron chi connectivity index (χ4n) is 1.54. The van der Waals surface area contributed by atoms with Crippen LogP contribution in [0, 0.1) is 5.92 Å². The molecule has 1 aliphatic carbocycles. The molecule has 1 atom stereocenters. The monoisotopic (exact) mass is 238 g/mol. The van der Waals surface area contributed by atoms with Gasteiger partial charge in [-0.05, 0) is 25.7 Å². The Bertz CT molecular complexity index is 368. The summed E-state index contributed by atoms with van der Waals surface area (Å²) in [6.07, 6.45) is 4.46. The van der Waals surface area contributed by atoms with Crippen molar-refractivity contribution in [3.05, 3.63) is 11.9 Å². The molecule has 1 aromatic rings. The van der Waals surface area contributed by atoms with Crippen molar-refractivity contribution in [2.24, 2.45) is 5.92 Å². The third-order valence-corrected chi connectivity index (χ3v) is 3.46. The standard InChI is InChI=1S/C12H22N4O/c1-9(2)12(3,17)8-16-7-11(14-15-16)6-13-10-4-5-10/h7,9-10,13,17H,4-6,8H2,1-3H3. The molecule has 1 unspecified atom stereocenters. The fraction of sp³-hybridized carbons (Fsp3) is 0.833. The van der Waals surface area contributed by atoms with Gasteiger partial charge in [-0.25, -0.2) is 4.68 Å². The van der Waals surface area contributed by atoms with Crippen LogP contribution in [0.25, 0.3) is 0 Å². The van der Waals surface area contributed by atoms with Gasteiger partial charge in [0.2, 0.25) is 0 Å². The molecule has 17 heavy (non-hydrogen) atoms. The molecule has 0 aromatic carbocycles. The molecule has 2 rings (SSSR count). The number of hydrogen-bond acceptors (Lipinski definition) is 4. The van der Waals surface area contributed by atoms with Crippen molar-refractivity contribution in [2.75, 3.05) is 0 Å². The number of nitrogens with one attached hydrogen (secondary N) is 1. The predicted molar refractivity (Wildman–Crippen MR) is 65.3 cm³/mol. The van der Waals surface area contributed by atoms with Crippen LogP contribution in [-0.4, -0.2) is 31.7 Å². The Morgan fingerprint density at radius 1 is 1.59 bits per heavy atom. The van der Waals surface area contributed by atoms with Gasteiger partial charge < -0.3 is 10.4 Å². The fourth-order valence-corrected chi connectivity index (χ4v) is 1.54. The first-order chi connectivity index (χ1) is 7.97. The summed E-state index contributed by atoms with van der Waals surface area (Å²) in [5.74, 6) is 0.194. The van der Waals surface area contributed by atoms with Crippen molar-refractivity contribution in [1.82, 2.24) is 20.3 Å². The van der Waals surface area contributed by atoms with Crippen LogP contribution in [0.15, 0.2) is 6.20 Å². The molecular weight excluding hydrogens is 216 g/mol. The molecule has 5 nitrogen and oxygen atoms in total. The summed E-state index contributed by atoms with van der Waals surface area (Å²) in [5, 5.41) is 21.7. The maximum absolute atomic E-state index is 10.2. The lowest BCUT2D eigenvalue weighted by Crippen LogP contribution is -2.36. The quantitative estimate of drug-likeness (QED) is 0.774. The van der Waals surface area contributed by atoms with Gasteiger partial charge in [0, 0.05) is 18.8 Å². The predicted octanol–water partition coefficient (Wildman–Crippen LogP) is 0.937. The molecule has 0 radical (unpaired) electrons. The van der Waals surface area contributed by atoms with Crippen molar-refractivity contribution in [3.63, 3.8) is 0 Å². The van der Waals surface area contributed by atoms with Crippen LogP contribution in [0.5, 0.6) is 0 Å². The largest absolute Gasteiger partial charge is 0.388 e. The summed E-state index contributed by atoms with van der Waals surface area (Å²) in [6, 6.07) is 0.680. The Labute approximate surface area is 102 Å². The first kappa shape index (κ1) is 12.5. The smallest absolute Gasteiger partial charge is 0.0964 e. The Morgan fingerprint density at radius 3 is 2.88 bits per heavy atom. The molecule has 1 fully saturated rings. The molecule has 0 amide bonds. The maximum Gasteiger partial charge on any atom is 0.0964 e. The van der Waals surface area contributed by atoms with Gasteiger partial charge >= 0.3 is 0 Å². The molecule has 1 heterocycles. The van der Waals surface area contributed by atoms with Gasteiger partial charge in [-0.1, -0.05) is 19.1 Å². The van der Waals surface area contributed by atoms with Gasteiger partial charge in [0.1, 0.15) is 0 Å². The van der Waals surface area contributed by atoms with Crippen LogP contribution in [0.1, 0.15) is 39.3 Å². The SMILES string of the molecule is CC(C)C(C)(O)Cn1cc(CNC2CC2)nn1. The van der Waals surface area contributed by atoms with Gasteiger partial charge in [-0.3, -0.25) is 0 Å². The van der Waals surface area contributed by atoms with Gasteiger partial charge in [0.25, 0.3) is 0 Å². The molecular formula is C12H22N4O. The second-order valence-electron chi connectivity index (χ2n) is 5.57. The lowest BCUT2D eigenvalue weighted by atomic mass is 9.93. The molecule has 0 bridgehead atoms. The van der Waals surface area contributed by atoms with Crippen molar-refractivity contribution < 1.29 is 5.11 Å². The lowest BCUT2D eigenvalue weighted by Gasteiger charge is -2.26. The highest BCUT2D eigenvalue weighted by atomic mass is 16.3. The Morgan fingerprint density at radius 2 is 2.29 bits per heavy atom. The van der Waals surface area contributed by atoms with Crippen LogP contribution in [0.3, 0.4) is 0 Å². The molecule has 1 aliphatic rings. The van der Waals surface area contributed by atoms with Crippen LogP contribution < -0.4 is 5.32 Å². The number of rotatable bonds is 6. The second-order valence-corrected chi connectivity index (χ2v) is 5.57. The van der Waals surface area contributed by atoms with Crippen molar-refractivity contribution in [1.29, 1.82) is 0 Å². The zero-order valence-electron chi connectivity index (χ0n) is 10.8. The molecule has 2 N–H and O–H groups in total. The van der Waals surface area contributed by atoms with E-state index in [0.717, 1.165) is 12.2 Å². The van der Waals surface area contributed by atoms with E-state index in [9.17, 15) is 5.11 Å². The summed E-state index contributed by atoms with van der Waals surface area (Å²) in [6.45, 7) is 7.11. The van der Waals surface area contributed by atoms with E-state index in [4.69, 9.17) is 0 Å². The lowest BCUT2D eigenvalue weighted by molar-refractivity contribution is -0.00611. The van der Waals surface area contributed by atoms with E-state index in [1.165, 1.54) is 12.8 Å². The maximum atomic E-state index is 10.2. The minimum atomic E-state index is -0.741. The molecule has 0 spiro atoms. The van der Waals surface area contributed by atoms with Crippen LogP contribution in [0.4, 0.5) is 0 Å². The highest BCUT2D eigenvalue weighted by molar-refractivity contribution is 4.95. The molecule has 0 aliphatic heterocycles. The third kappa shape index (κ3) is 3.51. The Kier molecular flexibility index (Phi) is 3.49. The average Bonchev–Trinajstić information content (AvgIpc) is 2.97. The van der Waals surface area contributed by atoms with Crippen LogP contribution >= 0.6 is 0 Å². The van der Waals surface area contributed by atoms with E-state index in [1.54, 1.807) is 4.68 Å². The zero-order valence-corrected chi connectivity index (χ0v) is 10.8. The van der Waals surface area contributed by atoms with Crippen molar-refractivity contribution in [3.8, 4) is 0 Å². The van der Waals surface area contributed by atoms with Crippen molar-refractivity contribution in [2.45, 2.75) is 58.3 Å². The molecule has 5 heteroatoms. The van der Waals surface area contributed by atoms with E-state index >= 15 is 0 Å². The summed E-state index contributed by atoms with van der Waals surface area (Å²) >= 11 is 0. The van der Waals surface area contributed by atoms with E-state index in [2.05, 4.69) is 15.6 Å². The number of hydrogen-bond donors (Lipinski definition) is 2. The summed E-state index contributed by atoms with van der Waals surface area (Å²) in [5.41, 5.74) is 0.200. The first-order valence-corrected chi connectivity index (χ1v) is 6.32. The summed E-state index contributed by atoms with van der Waals surface area (Å²) in [4.78, 5) is 0. The number of aliphatic hydroxyl groups is 1. The summed E-state index contributed by atoms with van der Waals surface area (Å²) in [7, 11) is 0. The van der Waals surface area contributed by atoms with Gasteiger partial charge in [0.05, 0.1) is 17.8 Å². The Hall–Kier alpha value is -0.940. The minimum absolute atomic E-state index is 0.194.